The molecule has 0 bridgehead atoms. The van der Waals surface area contributed by atoms with E-state index in [-0.39, 0.29) is 17.7 Å². The smallest absolute Gasteiger partial charge is 0.229 e. The fourth-order valence-electron chi connectivity index (χ4n) is 5.73. The largest absolute Gasteiger partial charge is 0.445 e. The molecule has 2 atom stereocenters. The molecule has 7 nitrogen and oxygen atoms in total. The normalized spacial score (nSPS) is 30.3. The second-order valence-corrected chi connectivity index (χ2v) is 9.94. The molecular formula is C24H34N4O3. The number of oxazole rings is 1. The molecule has 0 radical (unpaired) electrons. The fraction of sp³-hybridized carbons (Fsp3) is 0.708. The Balaban J connectivity index is 1.02. The van der Waals surface area contributed by atoms with Crippen molar-refractivity contribution >= 4 is 5.91 Å². The van der Waals surface area contributed by atoms with Crippen LogP contribution in [0.4, 0.5) is 0 Å². The first-order valence-corrected chi connectivity index (χ1v) is 11.9. The Hall–Kier alpha value is -2.15. The Morgan fingerprint density at radius 3 is 2.87 bits per heavy atom. The molecule has 3 aliphatic rings. The van der Waals surface area contributed by atoms with Gasteiger partial charge in [0.05, 0.1) is 11.9 Å². The molecule has 0 aromatic carbocycles. The van der Waals surface area contributed by atoms with Crippen LogP contribution in [0.1, 0.15) is 68.6 Å². The Kier molecular flexibility index (Phi) is 5.63. The number of nitrogens with one attached hydrogen (secondary N) is 1. The second-order valence-electron chi connectivity index (χ2n) is 9.94. The van der Waals surface area contributed by atoms with Crippen LogP contribution in [0.5, 0.6) is 0 Å². The number of aromatic nitrogens is 2. The van der Waals surface area contributed by atoms with Crippen molar-refractivity contribution in [2.75, 3.05) is 19.6 Å². The molecule has 31 heavy (non-hydrogen) atoms. The highest BCUT2D eigenvalue weighted by Gasteiger charge is 2.62. The zero-order valence-corrected chi connectivity index (χ0v) is 18.7. The molecule has 1 aliphatic heterocycles. The van der Waals surface area contributed by atoms with Gasteiger partial charge in [0.1, 0.15) is 17.9 Å². The summed E-state index contributed by atoms with van der Waals surface area (Å²) in [5, 5.41) is 7.55. The molecule has 0 spiro atoms. The predicted octanol–water partition coefficient (Wildman–Crippen LogP) is 3.41. The van der Waals surface area contributed by atoms with Crippen molar-refractivity contribution in [2.24, 2.45) is 11.8 Å². The van der Waals surface area contributed by atoms with E-state index in [0.717, 1.165) is 49.2 Å². The van der Waals surface area contributed by atoms with E-state index in [2.05, 4.69) is 33.3 Å². The molecule has 5 rings (SSSR count). The summed E-state index contributed by atoms with van der Waals surface area (Å²) in [6.45, 7) is 7.49. The summed E-state index contributed by atoms with van der Waals surface area (Å²) in [5.41, 5.74) is 1.47. The average molecular weight is 427 g/mol. The van der Waals surface area contributed by atoms with Crippen molar-refractivity contribution in [1.82, 2.24) is 20.4 Å². The second kappa shape index (κ2) is 8.41. The lowest BCUT2D eigenvalue weighted by atomic mass is 9.84. The van der Waals surface area contributed by atoms with E-state index in [1.54, 1.807) is 6.20 Å². The average Bonchev–Trinajstić information content (AvgIpc) is 3.17. The van der Waals surface area contributed by atoms with E-state index in [1.165, 1.54) is 44.5 Å². The minimum Gasteiger partial charge on any atom is -0.445 e. The molecule has 168 valence electrons. The van der Waals surface area contributed by atoms with Crippen LogP contribution in [0.2, 0.25) is 0 Å². The van der Waals surface area contributed by atoms with Gasteiger partial charge in [-0.25, -0.2) is 4.98 Å². The van der Waals surface area contributed by atoms with Gasteiger partial charge in [-0.3, -0.25) is 4.79 Å². The molecule has 1 saturated heterocycles. The highest BCUT2D eigenvalue weighted by molar-refractivity contribution is 5.77. The van der Waals surface area contributed by atoms with E-state index in [9.17, 15) is 4.79 Å². The van der Waals surface area contributed by atoms with Crippen LogP contribution in [0.15, 0.2) is 21.2 Å². The minimum atomic E-state index is 0.0194. The predicted molar refractivity (Wildman–Crippen MR) is 116 cm³/mol. The first kappa shape index (κ1) is 20.7. The van der Waals surface area contributed by atoms with Crippen LogP contribution in [0.25, 0.3) is 0 Å². The van der Waals surface area contributed by atoms with E-state index < -0.39 is 0 Å². The Labute approximate surface area is 183 Å². The van der Waals surface area contributed by atoms with Crippen LogP contribution in [-0.2, 0) is 23.1 Å². The van der Waals surface area contributed by atoms with Crippen molar-refractivity contribution in [1.29, 1.82) is 0 Å². The molecule has 3 fully saturated rings. The molecule has 2 aromatic rings. The van der Waals surface area contributed by atoms with Gasteiger partial charge in [0.15, 0.2) is 0 Å². The van der Waals surface area contributed by atoms with Crippen LogP contribution in [-0.4, -0.2) is 46.6 Å². The van der Waals surface area contributed by atoms with Crippen LogP contribution >= 0.6 is 0 Å². The maximum Gasteiger partial charge on any atom is 0.229 e. The van der Waals surface area contributed by atoms with Gasteiger partial charge in [0, 0.05) is 37.0 Å². The number of nitrogens with zero attached hydrogens (tertiary/aromatic N) is 3. The molecule has 7 heteroatoms. The summed E-state index contributed by atoms with van der Waals surface area (Å²) in [4.78, 5) is 19.0. The number of aryl methyl sites for hydroxylation is 2. The molecule has 1 amide bonds. The Morgan fingerprint density at radius 1 is 1.32 bits per heavy atom. The highest BCUT2D eigenvalue weighted by atomic mass is 16.5. The molecule has 3 heterocycles. The first-order valence-electron chi connectivity index (χ1n) is 11.9. The van der Waals surface area contributed by atoms with E-state index in [1.807, 2.05) is 6.92 Å². The first-order chi connectivity index (χ1) is 15.0. The van der Waals surface area contributed by atoms with Gasteiger partial charge in [-0.2, -0.15) is 0 Å². The van der Waals surface area contributed by atoms with Gasteiger partial charge in [0.2, 0.25) is 11.8 Å². The van der Waals surface area contributed by atoms with Crippen molar-refractivity contribution in [3.05, 3.63) is 35.4 Å². The lowest BCUT2D eigenvalue weighted by molar-refractivity contribution is -0.121. The number of fused-ring (bicyclic) bond motifs is 1. The van der Waals surface area contributed by atoms with E-state index >= 15 is 0 Å². The van der Waals surface area contributed by atoms with Gasteiger partial charge in [-0.05, 0) is 63.8 Å². The van der Waals surface area contributed by atoms with Gasteiger partial charge >= 0.3 is 0 Å². The summed E-state index contributed by atoms with van der Waals surface area (Å²) in [6, 6.07) is 2.48. The summed E-state index contributed by atoms with van der Waals surface area (Å²) < 4.78 is 10.9. The van der Waals surface area contributed by atoms with Crippen LogP contribution in [0.3, 0.4) is 0 Å². The summed E-state index contributed by atoms with van der Waals surface area (Å²) in [5.74, 6) is 3.81. The third kappa shape index (κ3) is 4.43. The lowest BCUT2D eigenvalue weighted by Gasteiger charge is -2.30. The van der Waals surface area contributed by atoms with Crippen molar-refractivity contribution in [3.8, 4) is 0 Å². The zero-order valence-electron chi connectivity index (χ0n) is 18.7. The molecule has 1 N–H and O–H groups in total. The SMILES string of the molecule is CCc1cc([C@]23C[C@H]2CN(CC[C@H]2CC[C@H](NC(=O)Cc4ncc(C)o4)CC2)C3)no1. The number of carbonyl (C=O) groups excluding carboxylic acids is 1. The van der Waals surface area contributed by atoms with Crippen molar-refractivity contribution < 1.29 is 13.7 Å². The van der Waals surface area contributed by atoms with Gasteiger partial charge < -0.3 is 19.2 Å². The highest BCUT2D eigenvalue weighted by Crippen LogP contribution is 2.58. The number of hydrogen-bond donors (Lipinski definition) is 1. The number of hydrogen-bond acceptors (Lipinski definition) is 6. The van der Waals surface area contributed by atoms with Gasteiger partial charge in [0.25, 0.3) is 0 Å². The maximum atomic E-state index is 12.2. The van der Waals surface area contributed by atoms with E-state index in [0.29, 0.717) is 11.9 Å². The number of amides is 1. The van der Waals surface area contributed by atoms with Crippen molar-refractivity contribution in [2.45, 2.75) is 76.7 Å². The third-order valence-corrected chi connectivity index (χ3v) is 7.68. The van der Waals surface area contributed by atoms with Gasteiger partial charge in [-0.15, -0.1) is 0 Å². The fourth-order valence-corrected chi connectivity index (χ4v) is 5.73. The summed E-state index contributed by atoms with van der Waals surface area (Å²) >= 11 is 0. The van der Waals surface area contributed by atoms with E-state index in [4.69, 9.17) is 8.94 Å². The number of carbonyl (C=O) groups is 1. The topological polar surface area (TPSA) is 84.4 Å². The van der Waals surface area contributed by atoms with Crippen LogP contribution in [0, 0.1) is 18.8 Å². The lowest BCUT2D eigenvalue weighted by Crippen LogP contribution is -2.39. The number of piperidine rings is 1. The Morgan fingerprint density at radius 2 is 2.16 bits per heavy atom. The third-order valence-electron chi connectivity index (χ3n) is 7.68. The molecule has 2 aromatic heterocycles. The maximum absolute atomic E-state index is 12.2. The summed E-state index contributed by atoms with van der Waals surface area (Å²) in [6.07, 6.45) is 9.90. The van der Waals surface area contributed by atoms with Crippen LogP contribution < -0.4 is 5.32 Å². The zero-order chi connectivity index (χ0) is 21.4. The van der Waals surface area contributed by atoms with Gasteiger partial charge in [-0.1, -0.05) is 12.1 Å². The molecule has 2 saturated carbocycles. The monoisotopic (exact) mass is 426 g/mol. The Bertz CT molecular complexity index is 914. The number of likely N-dealkylation sites (tertiary alicyclic amines) is 1. The molecule has 0 unspecified atom stereocenters. The minimum absolute atomic E-state index is 0.0194. The standard InChI is InChI=1S/C24H34N4O3/c1-3-20-10-21(27-31-20)24-12-18(24)14-28(15-24)9-8-17-4-6-19(7-5-17)26-22(29)11-23-25-13-16(2)30-23/h10,13,17-19H,3-9,11-12,14-15H2,1-2H3,(H,26,29)/t17-,18-,19-,24-/m0/s1. The number of rotatable bonds is 8. The summed E-state index contributed by atoms with van der Waals surface area (Å²) in [7, 11) is 0. The van der Waals surface area contributed by atoms with Crippen molar-refractivity contribution in [3.63, 3.8) is 0 Å². The molecule has 2 aliphatic carbocycles. The quantitative estimate of drug-likeness (QED) is 0.696. The molecular weight excluding hydrogens is 392 g/mol.